The molecule has 1 N–H and O–H groups in total. The summed E-state index contributed by atoms with van der Waals surface area (Å²) < 4.78 is 18.7. The number of aryl methyl sites for hydroxylation is 2. The first-order valence-corrected chi connectivity index (χ1v) is 12.0. The van der Waals surface area contributed by atoms with Gasteiger partial charge < -0.3 is 14.6 Å². The fourth-order valence-corrected chi connectivity index (χ4v) is 5.23. The third-order valence-electron chi connectivity index (χ3n) is 6.26. The summed E-state index contributed by atoms with van der Waals surface area (Å²) in [6.07, 6.45) is 1.56. The van der Waals surface area contributed by atoms with Gasteiger partial charge in [-0.05, 0) is 69.0 Å². The number of rotatable bonds is 6. The highest BCUT2D eigenvalue weighted by Crippen LogP contribution is 2.31. The van der Waals surface area contributed by atoms with Gasteiger partial charge in [-0.2, -0.15) is 0 Å². The number of amides is 2. The number of hydrogen-bond acceptors (Lipinski definition) is 5. The van der Waals surface area contributed by atoms with Crippen LogP contribution in [0.5, 0.6) is 0 Å². The standard InChI is InChI=1S/C25H28FN3O3S/c1-15-4-9-21(32-15)14-27-23(30)16(2)18-10-12-29(13-11-18)25(31)22-17(3)28-24(33-22)19-5-7-20(26)8-6-19/h4-9,16,18H,10-14H2,1-3H3,(H,27,30)/t16-/m0/s1. The Labute approximate surface area is 196 Å². The lowest BCUT2D eigenvalue weighted by atomic mass is 9.85. The first-order chi connectivity index (χ1) is 15.8. The minimum atomic E-state index is -0.301. The maximum Gasteiger partial charge on any atom is 0.265 e. The quantitative estimate of drug-likeness (QED) is 0.553. The van der Waals surface area contributed by atoms with Crippen molar-refractivity contribution in [2.24, 2.45) is 11.8 Å². The van der Waals surface area contributed by atoms with Crippen LogP contribution in [0.4, 0.5) is 4.39 Å². The molecule has 4 rings (SSSR count). The van der Waals surface area contributed by atoms with Crippen LogP contribution in [0, 0.1) is 31.5 Å². The first-order valence-electron chi connectivity index (χ1n) is 11.2. The second kappa shape index (κ2) is 9.87. The van der Waals surface area contributed by atoms with Gasteiger partial charge in [-0.15, -0.1) is 11.3 Å². The van der Waals surface area contributed by atoms with Crippen molar-refractivity contribution >= 4 is 23.2 Å². The van der Waals surface area contributed by atoms with Crippen molar-refractivity contribution in [2.75, 3.05) is 13.1 Å². The summed E-state index contributed by atoms with van der Waals surface area (Å²) in [4.78, 5) is 32.7. The van der Waals surface area contributed by atoms with Crippen molar-refractivity contribution in [1.82, 2.24) is 15.2 Å². The van der Waals surface area contributed by atoms with E-state index in [1.165, 1.54) is 23.5 Å². The van der Waals surface area contributed by atoms with Crippen LogP contribution in [0.3, 0.4) is 0 Å². The molecule has 174 valence electrons. The van der Waals surface area contributed by atoms with E-state index in [1.807, 2.05) is 37.8 Å². The van der Waals surface area contributed by atoms with Gasteiger partial charge in [0.2, 0.25) is 5.91 Å². The molecular weight excluding hydrogens is 441 g/mol. The van der Waals surface area contributed by atoms with Crippen LogP contribution in [0.1, 0.15) is 46.7 Å². The number of carbonyl (C=O) groups excluding carboxylic acids is 2. The molecule has 8 heteroatoms. The minimum absolute atomic E-state index is 0.0103. The molecule has 0 radical (unpaired) electrons. The fourth-order valence-electron chi connectivity index (χ4n) is 4.19. The van der Waals surface area contributed by atoms with Crippen molar-refractivity contribution in [3.05, 3.63) is 64.3 Å². The summed E-state index contributed by atoms with van der Waals surface area (Å²) in [6.45, 7) is 7.27. The number of furan rings is 1. The largest absolute Gasteiger partial charge is 0.465 e. The summed E-state index contributed by atoms with van der Waals surface area (Å²) in [5.74, 6) is 1.35. The van der Waals surface area contributed by atoms with E-state index in [4.69, 9.17) is 4.42 Å². The van der Waals surface area contributed by atoms with Gasteiger partial charge in [0.1, 0.15) is 27.2 Å². The van der Waals surface area contributed by atoms with E-state index in [0.29, 0.717) is 35.2 Å². The Morgan fingerprint density at radius 1 is 1.18 bits per heavy atom. The molecule has 0 bridgehead atoms. The van der Waals surface area contributed by atoms with E-state index < -0.39 is 0 Å². The molecule has 33 heavy (non-hydrogen) atoms. The van der Waals surface area contributed by atoms with E-state index in [9.17, 15) is 14.0 Å². The molecule has 1 atom stereocenters. The zero-order chi connectivity index (χ0) is 23.5. The second-order valence-electron chi connectivity index (χ2n) is 8.59. The summed E-state index contributed by atoms with van der Waals surface area (Å²) in [5, 5.41) is 3.67. The maximum absolute atomic E-state index is 13.2. The predicted molar refractivity (Wildman–Crippen MR) is 125 cm³/mol. The van der Waals surface area contributed by atoms with Gasteiger partial charge in [-0.1, -0.05) is 6.92 Å². The lowest BCUT2D eigenvalue weighted by Crippen LogP contribution is -2.42. The van der Waals surface area contributed by atoms with Gasteiger partial charge in [0.25, 0.3) is 5.91 Å². The summed E-state index contributed by atoms with van der Waals surface area (Å²) >= 11 is 1.34. The number of hydrogen-bond donors (Lipinski definition) is 1. The van der Waals surface area contributed by atoms with Gasteiger partial charge in [0.05, 0.1) is 12.2 Å². The topological polar surface area (TPSA) is 75.4 Å². The zero-order valence-corrected chi connectivity index (χ0v) is 19.9. The second-order valence-corrected chi connectivity index (χ2v) is 9.59. The lowest BCUT2D eigenvalue weighted by molar-refractivity contribution is -0.126. The zero-order valence-electron chi connectivity index (χ0n) is 19.1. The molecule has 1 saturated heterocycles. The first kappa shape index (κ1) is 23.2. The third kappa shape index (κ3) is 5.33. The molecule has 0 saturated carbocycles. The number of nitrogens with one attached hydrogen (secondary N) is 1. The summed E-state index contributed by atoms with van der Waals surface area (Å²) in [6, 6.07) is 9.88. The molecule has 0 aliphatic carbocycles. The highest BCUT2D eigenvalue weighted by Gasteiger charge is 2.31. The molecule has 1 aliphatic heterocycles. The van der Waals surface area contributed by atoms with Gasteiger partial charge in [0, 0.05) is 24.6 Å². The summed E-state index contributed by atoms with van der Waals surface area (Å²) in [7, 11) is 0. The van der Waals surface area contributed by atoms with E-state index in [-0.39, 0.29) is 29.5 Å². The number of likely N-dealkylation sites (tertiary alicyclic amines) is 1. The highest BCUT2D eigenvalue weighted by molar-refractivity contribution is 7.17. The van der Waals surface area contributed by atoms with Crippen LogP contribution in [-0.4, -0.2) is 34.8 Å². The molecule has 1 fully saturated rings. The lowest BCUT2D eigenvalue weighted by Gasteiger charge is -2.34. The van der Waals surface area contributed by atoms with E-state index >= 15 is 0 Å². The molecular formula is C25H28FN3O3S. The van der Waals surface area contributed by atoms with Crippen molar-refractivity contribution in [3.8, 4) is 10.6 Å². The van der Waals surface area contributed by atoms with E-state index in [2.05, 4.69) is 10.3 Å². The minimum Gasteiger partial charge on any atom is -0.465 e. The molecule has 1 aromatic carbocycles. The Bertz CT molecular complexity index is 1130. The third-order valence-corrected chi connectivity index (χ3v) is 7.46. The van der Waals surface area contributed by atoms with Crippen LogP contribution in [0.25, 0.3) is 10.6 Å². The average Bonchev–Trinajstić information content (AvgIpc) is 3.42. The van der Waals surface area contributed by atoms with Crippen LogP contribution in [0.2, 0.25) is 0 Å². The number of benzene rings is 1. The van der Waals surface area contributed by atoms with Crippen LogP contribution in [0.15, 0.2) is 40.8 Å². The van der Waals surface area contributed by atoms with Gasteiger partial charge >= 0.3 is 0 Å². The Balaban J connectivity index is 1.32. The number of piperidine rings is 1. The van der Waals surface area contributed by atoms with Crippen molar-refractivity contribution < 1.29 is 18.4 Å². The Kier molecular flexibility index (Phi) is 6.93. The van der Waals surface area contributed by atoms with Gasteiger partial charge in [-0.3, -0.25) is 9.59 Å². The molecule has 0 spiro atoms. The Hall–Kier alpha value is -3.00. The number of halogens is 1. The van der Waals surface area contributed by atoms with E-state index in [0.717, 1.165) is 29.9 Å². The SMILES string of the molecule is Cc1ccc(CNC(=O)[C@@H](C)C2CCN(C(=O)c3sc(-c4ccc(F)cc4)nc3C)CC2)o1. The fraction of sp³-hybridized carbons (Fsp3) is 0.400. The Morgan fingerprint density at radius 3 is 2.52 bits per heavy atom. The average molecular weight is 470 g/mol. The number of thiazole rings is 1. The normalized spacial score (nSPS) is 15.5. The predicted octanol–water partition coefficient (Wildman–Crippen LogP) is 4.96. The Morgan fingerprint density at radius 2 is 1.88 bits per heavy atom. The highest BCUT2D eigenvalue weighted by atomic mass is 32.1. The van der Waals surface area contributed by atoms with E-state index in [1.54, 1.807) is 12.1 Å². The van der Waals surface area contributed by atoms with Gasteiger partial charge in [-0.25, -0.2) is 9.37 Å². The smallest absolute Gasteiger partial charge is 0.265 e. The monoisotopic (exact) mass is 469 g/mol. The van der Waals surface area contributed by atoms with Crippen molar-refractivity contribution in [2.45, 2.75) is 40.2 Å². The van der Waals surface area contributed by atoms with Crippen molar-refractivity contribution in [3.63, 3.8) is 0 Å². The van der Waals surface area contributed by atoms with Gasteiger partial charge in [0.15, 0.2) is 0 Å². The molecule has 2 aromatic heterocycles. The van der Waals surface area contributed by atoms with Crippen LogP contribution >= 0.6 is 11.3 Å². The van der Waals surface area contributed by atoms with Crippen molar-refractivity contribution in [1.29, 1.82) is 0 Å². The molecule has 6 nitrogen and oxygen atoms in total. The molecule has 1 aliphatic rings. The number of carbonyl (C=O) groups is 2. The molecule has 3 heterocycles. The molecule has 3 aromatic rings. The van der Waals surface area contributed by atoms with Crippen LogP contribution in [-0.2, 0) is 11.3 Å². The number of nitrogens with zero attached hydrogens (tertiary/aromatic N) is 2. The number of aromatic nitrogens is 1. The summed E-state index contributed by atoms with van der Waals surface area (Å²) in [5.41, 5.74) is 1.49. The maximum atomic E-state index is 13.2. The molecule has 2 amide bonds. The van der Waals surface area contributed by atoms with Crippen LogP contribution < -0.4 is 5.32 Å². The molecule has 0 unspecified atom stereocenters.